The molecule has 0 amide bonds. The summed E-state index contributed by atoms with van der Waals surface area (Å²) in [6.45, 7) is 0. The van der Waals surface area contributed by atoms with Gasteiger partial charge in [-0.15, -0.1) is 10.2 Å². The van der Waals surface area contributed by atoms with E-state index in [4.69, 9.17) is 28.2 Å². The molecule has 1 N–H and O–H groups in total. The third kappa shape index (κ3) is 2.85. The van der Waals surface area contributed by atoms with Crippen molar-refractivity contribution >= 4 is 51.4 Å². The van der Waals surface area contributed by atoms with E-state index >= 15 is 0 Å². The fourth-order valence-electron chi connectivity index (χ4n) is 3.16. The maximum absolute atomic E-state index is 6.45. The van der Waals surface area contributed by atoms with Crippen LogP contribution in [-0.2, 0) is 0 Å². The molecule has 5 nitrogen and oxygen atoms in total. The molecule has 2 aromatic heterocycles. The monoisotopic (exact) mass is 405 g/mol. The Morgan fingerprint density at radius 3 is 2.43 bits per heavy atom. The highest BCUT2D eigenvalue weighted by Gasteiger charge is 2.18. The van der Waals surface area contributed by atoms with Crippen LogP contribution in [0.2, 0.25) is 10.0 Å². The lowest BCUT2D eigenvalue weighted by molar-refractivity contribution is 1.10. The highest BCUT2D eigenvalue weighted by molar-refractivity contribution is 6.36. The number of aromatic nitrogens is 4. The number of hydrogen-bond acceptors (Lipinski definition) is 4. The summed E-state index contributed by atoms with van der Waals surface area (Å²) in [5, 5.41) is 14.2. The third-order valence-electron chi connectivity index (χ3n) is 4.45. The van der Waals surface area contributed by atoms with Crippen molar-refractivity contribution in [2.75, 3.05) is 5.32 Å². The molecule has 0 aliphatic carbocycles. The minimum Gasteiger partial charge on any atom is -0.325 e. The fourth-order valence-corrected chi connectivity index (χ4v) is 3.66. The molecule has 0 radical (unpaired) electrons. The van der Waals surface area contributed by atoms with Crippen molar-refractivity contribution in [3.63, 3.8) is 0 Å². The Kier molecular flexibility index (Phi) is 4.11. The highest BCUT2D eigenvalue weighted by atomic mass is 35.5. The Labute approximate surface area is 170 Å². The molecule has 28 heavy (non-hydrogen) atoms. The van der Waals surface area contributed by atoms with E-state index in [1.54, 1.807) is 12.1 Å². The summed E-state index contributed by atoms with van der Waals surface area (Å²) in [6, 6.07) is 23.0. The number of halogens is 2. The number of nitrogens with one attached hydrogen (secondary N) is 1. The van der Waals surface area contributed by atoms with Crippen LogP contribution in [-0.4, -0.2) is 19.6 Å². The summed E-state index contributed by atoms with van der Waals surface area (Å²) in [5.41, 5.74) is 3.17. The molecule has 5 rings (SSSR count). The fraction of sp³-hybridized carbons (Fsp3) is 0. The Balaban J connectivity index is 1.81. The first kappa shape index (κ1) is 17.0. The lowest BCUT2D eigenvalue weighted by Gasteiger charge is -2.12. The number of hydrogen-bond donors (Lipinski definition) is 1. The Morgan fingerprint density at radius 2 is 1.61 bits per heavy atom. The topological polar surface area (TPSA) is 55.1 Å². The minimum atomic E-state index is 0.501. The van der Waals surface area contributed by atoms with E-state index in [0.717, 1.165) is 22.2 Å². The van der Waals surface area contributed by atoms with Crippen LogP contribution in [0.1, 0.15) is 0 Å². The van der Waals surface area contributed by atoms with Gasteiger partial charge in [-0.1, -0.05) is 53.5 Å². The summed E-state index contributed by atoms with van der Waals surface area (Å²) in [4.78, 5) is 4.81. The quantitative estimate of drug-likeness (QED) is 0.400. The van der Waals surface area contributed by atoms with Gasteiger partial charge in [0.25, 0.3) is 0 Å². The summed E-state index contributed by atoms with van der Waals surface area (Å²) in [6.07, 6.45) is 0. The molecule has 2 heterocycles. The van der Waals surface area contributed by atoms with Crippen LogP contribution < -0.4 is 5.32 Å². The van der Waals surface area contributed by atoms with Gasteiger partial charge in [0.2, 0.25) is 5.95 Å². The Bertz CT molecular complexity index is 1310. The van der Waals surface area contributed by atoms with Crippen LogP contribution >= 0.6 is 23.2 Å². The molecular formula is C21H13Cl2N5. The number of para-hydroxylation sites is 2. The molecule has 0 bridgehead atoms. The molecule has 0 atom stereocenters. The van der Waals surface area contributed by atoms with E-state index in [1.165, 1.54) is 0 Å². The van der Waals surface area contributed by atoms with Crippen LogP contribution in [0.25, 0.3) is 27.9 Å². The molecule has 0 spiro atoms. The van der Waals surface area contributed by atoms with Gasteiger partial charge in [0.1, 0.15) is 0 Å². The third-order valence-corrected chi connectivity index (χ3v) is 5.00. The molecule has 0 saturated heterocycles. The molecule has 3 aromatic carbocycles. The Morgan fingerprint density at radius 1 is 0.821 bits per heavy atom. The average molecular weight is 406 g/mol. The highest BCUT2D eigenvalue weighted by Crippen LogP contribution is 2.33. The lowest BCUT2D eigenvalue weighted by atomic mass is 10.2. The van der Waals surface area contributed by atoms with Gasteiger partial charge in [0, 0.05) is 21.7 Å². The zero-order chi connectivity index (χ0) is 19.1. The SMILES string of the molecule is Clc1ccc(-c2nnc3c4ccccc4nc(Nc4ccccc4)n23)c(Cl)c1. The molecule has 0 aliphatic heterocycles. The second kappa shape index (κ2) is 6.78. The second-order valence-corrected chi connectivity index (χ2v) is 7.09. The van der Waals surface area contributed by atoms with Gasteiger partial charge in [-0.05, 0) is 42.5 Å². The molecule has 0 unspecified atom stereocenters. The molecular weight excluding hydrogens is 393 g/mol. The van der Waals surface area contributed by atoms with Crippen molar-refractivity contribution in [1.29, 1.82) is 0 Å². The number of nitrogens with zero attached hydrogens (tertiary/aromatic N) is 4. The van der Waals surface area contributed by atoms with Crippen molar-refractivity contribution in [1.82, 2.24) is 19.6 Å². The first-order chi connectivity index (χ1) is 13.7. The van der Waals surface area contributed by atoms with Gasteiger partial charge in [0.05, 0.1) is 10.5 Å². The standard InChI is InChI=1S/C21H13Cl2N5/c22-13-10-11-15(17(23)12-13)19-26-27-20-16-8-4-5-9-18(16)25-21(28(19)20)24-14-6-2-1-3-7-14/h1-12H,(H,24,25). The van der Waals surface area contributed by atoms with E-state index in [1.807, 2.05) is 65.1 Å². The van der Waals surface area contributed by atoms with E-state index < -0.39 is 0 Å². The number of benzene rings is 3. The maximum atomic E-state index is 6.45. The van der Waals surface area contributed by atoms with E-state index in [-0.39, 0.29) is 0 Å². The van der Waals surface area contributed by atoms with Crippen LogP contribution in [0.4, 0.5) is 11.6 Å². The first-order valence-electron chi connectivity index (χ1n) is 8.62. The number of rotatable bonds is 3. The summed E-state index contributed by atoms with van der Waals surface area (Å²) < 4.78 is 1.88. The number of anilines is 2. The van der Waals surface area contributed by atoms with E-state index in [9.17, 15) is 0 Å². The molecule has 0 saturated carbocycles. The summed E-state index contributed by atoms with van der Waals surface area (Å²) >= 11 is 12.5. The molecule has 7 heteroatoms. The Hall–Kier alpha value is -3.15. The minimum absolute atomic E-state index is 0.501. The van der Waals surface area contributed by atoms with Crippen molar-refractivity contribution in [2.45, 2.75) is 0 Å². The van der Waals surface area contributed by atoms with Crippen LogP contribution in [0.15, 0.2) is 72.8 Å². The molecule has 5 aromatic rings. The lowest BCUT2D eigenvalue weighted by Crippen LogP contribution is -2.04. The van der Waals surface area contributed by atoms with Crippen LogP contribution in [0.5, 0.6) is 0 Å². The smallest absolute Gasteiger partial charge is 0.215 e. The van der Waals surface area contributed by atoms with Crippen LogP contribution in [0, 0.1) is 0 Å². The predicted molar refractivity (Wildman–Crippen MR) is 113 cm³/mol. The van der Waals surface area contributed by atoms with Gasteiger partial charge in [-0.2, -0.15) is 0 Å². The van der Waals surface area contributed by atoms with Crippen molar-refractivity contribution < 1.29 is 0 Å². The van der Waals surface area contributed by atoms with Gasteiger partial charge >= 0.3 is 0 Å². The van der Waals surface area contributed by atoms with Gasteiger partial charge in [-0.25, -0.2) is 9.38 Å². The van der Waals surface area contributed by atoms with Gasteiger partial charge < -0.3 is 5.32 Å². The zero-order valence-electron chi connectivity index (χ0n) is 14.5. The first-order valence-corrected chi connectivity index (χ1v) is 9.38. The summed E-state index contributed by atoms with van der Waals surface area (Å²) in [5.74, 6) is 1.19. The van der Waals surface area contributed by atoms with Crippen LogP contribution in [0.3, 0.4) is 0 Å². The summed E-state index contributed by atoms with van der Waals surface area (Å²) in [7, 11) is 0. The average Bonchev–Trinajstić information content (AvgIpc) is 3.14. The van der Waals surface area contributed by atoms with Gasteiger partial charge in [0.15, 0.2) is 11.5 Å². The normalized spacial score (nSPS) is 11.2. The largest absolute Gasteiger partial charge is 0.325 e. The molecule has 0 aliphatic rings. The molecule has 0 fully saturated rings. The van der Waals surface area contributed by atoms with Crippen molar-refractivity contribution in [3.8, 4) is 11.4 Å². The molecule has 136 valence electrons. The predicted octanol–water partition coefficient (Wildman–Crippen LogP) is 5.99. The maximum Gasteiger partial charge on any atom is 0.215 e. The van der Waals surface area contributed by atoms with Gasteiger partial charge in [-0.3, -0.25) is 0 Å². The van der Waals surface area contributed by atoms with E-state index in [2.05, 4.69) is 15.5 Å². The van der Waals surface area contributed by atoms with Crippen molar-refractivity contribution in [3.05, 3.63) is 82.8 Å². The van der Waals surface area contributed by atoms with Crippen molar-refractivity contribution in [2.24, 2.45) is 0 Å². The zero-order valence-corrected chi connectivity index (χ0v) is 16.0. The number of fused-ring (bicyclic) bond motifs is 3. The second-order valence-electron chi connectivity index (χ2n) is 6.25. The van der Waals surface area contributed by atoms with E-state index in [0.29, 0.717) is 27.5 Å².